The Morgan fingerprint density at radius 1 is 1.30 bits per heavy atom. The highest BCUT2D eigenvalue weighted by atomic mass is 16.5. The summed E-state index contributed by atoms with van der Waals surface area (Å²) >= 11 is 0. The van der Waals surface area contributed by atoms with Crippen molar-refractivity contribution in [2.45, 2.75) is 18.5 Å². The maximum Gasteiger partial charge on any atom is 0.241 e. The molecule has 118 valence electrons. The Morgan fingerprint density at radius 2 is 2.13 bits per heavy atom. The molecule has 1 aromatic carbocycles. The van der Waals surface area contributed by atoms with Gasteiger partial charge in [-0.1, -0.05) is 12.1 Å². The fraction of sp³-hybridized carbons (Fsp3) is 0.250. The number of rotatable bonds is 3. The second-order valence-electron chi connectivity index (χ2n) is 5.48. The molecule has 0 saturated heterocycles. The highest BCUT2D eigenvalue weighted by molar-refractivity contribution is 5.41. The SMILES string of the molecule is COc1ccc([C@@H]2C[C@@H](c3ccco3)n3nc(N)nc3N2)cc1. The summed E-state index contributed by atoms with van der Waals surface area (Å²) in [6.07, 6.45) is 2.45. The lowest BCUT2D eigenvalue weighted by molar-refractivity contribution is 0.358. The number of nitrogens with zero attached hydrogens (tertiary/aromatic N) is 3. The maximum absolute atomic E-state index is 5.77. The Kier molecular flexibility index (Phi) is 3.18. The quantitative estimate of drug-likeness (QED) is 0.772. The maximum atomic E-state index is 5.77. The van der Waals surface area contributed by atoms with E-state index in [4.69, 9.17) is 14.9 Å². The largest absolute Gasteiger partial charge is 0.497 e. The summed E-state index contributed by atoms with van der Waals surface area (Å²) in [6.45, 7) is 0. The zero-order valence-corrected chi connectivity index (χ0v) is 12.6. The van der Waals surface area contributed by atoms with Gasteiger partial charge < -0.3 is 20.2 Å². The van der Waals surface area contributed by atoms with Crippen molar-refractivity contribution in [1.82, 2.24) is 14.8 Å². The molecule has 1 aliphatic rings. The lowest BCUT2D eigenvalue weighted by Crippen LogP contribution is -2.27. The van der Waals surface area contributed by atoms with E-state index < -0.39 is 0 Å². The van der Waals surface area contributed by atoms with Crippen molar-refractivity contribution in [3.05, 3.63) is 54.0 Å². The third-order valence-corrected chi connectivity index (χ3v) is 4.09. The summed E-state index contributed by atoms with van der Waals surface area (Å²) in [7, 11) is 1.66. The van der Waals surface area contributed by atoms with Crippen LogP contribution in [0.2, 0.25) is 0 Å². The second kappa shape index (κ2) is 5.35. The van der Waals surface area contributed by atoms with Gasteiger partial charge in [-0.05, 0) is 29.8 Å². The van der Waals surface area contributed by atoms with E-state index in [0.29, 0.717) is 5.95 Å². The highest BCUT2D eigenvalue weighted by Crippen LogP contribution is 2.38. The van der Waals surface area contributed by atoms with Gasteiger partial charge >= 0.3 is 0 Å². The third-order valence-electron chi connectivity index (χ3n) is 4.09. The Balaban J connectivity index is 1.71. The first-order chi connectivity index (χ1) is 11.2. The smallest absolute Gasteiger partial charge is 0.241 e. The van der Waals surface area contributed by atoms with Gasteiger partial charge in [-0.3, -0.25) is 0 Å². The topological polar surface area (TPSA) is 91.1 Å². The van der Waals surface area contributed by atoms with Crippen LogP contribution in [0.4, 0.5) is 11.9 Å². The molecule has 0 radical (unpaired) electrons. The summed E-state index contributed by atoms with van der Waals surface area (Å²) in [4.78, 5) is 4.27. The number of nitrogen functional groups attached to an aromatic ring is 1. The van der Waals surface area contributed by atoms with Crippen molar-refractivity contribution in [3.8, 4) is 5.75 Å². The summed E-state index contributed by atoms with van der Waals surface area (Å²) < 4.78 is 12.6. The molecule has 23 heavy (non-hydrogen) atoms. The van der Waals surface area contributed by atoms with E-state index in [2.05, 4.69) is 15.4 Å². The summed E-state index contributed by atoms with van der Waals surface area (Å²) in [6, 6.07) is 11.9. The molecular formula is C16H17N5O2. The molecule has 0 unspecified atom stereocenters. The normalized spacial score (nSPS) is 19.9. The van der Waals surface area contributed by atoms with E-state index in [1.807, 2.05) is 36.4 Å². The minimum Gasteiger partial charge on any atom is -0.497 e. The molecule has 4 rings (SSSR count). The number of benzene rings is 1. The number of methoxy groups -OCH3 is 1. The lowest BCUT2D eigenvalue weighted by atomic mass is 9.96. The molecule has 7 nitrogen and oxygen atoms in total. The van der Waals surface area contributed by atoms with E-state index in [9.17, 15) is 0 Å². The van der Waals surface area contributed by atoms with Crippen LogP contribution in [0.5, 0.6) is 5.75 Å². The molecule has 0 bridgehead atoms. The fourth-order valence-electron chi connectivity index (χ4n) is 2.97. The summed E-state index contributed by atoms with van der Waals surface area (Å²) in [5.41, 5.74) is 6.91. The van der Waals surface area contributed by atoms with Crippen LogP contribution in [0.3, 0.4) is 0 Å². The molecule has 2 atom stereocenters. The predicted octanol–water partition coefficient (Wildman–Crippen LogP) is 2.61. The predicted molar refractivity (Wildman–Crippen MR) is 85.3 cm³/mol. The zero-order valence-electron chi connectivity index (χ0n) is 12.6. The minimum atomic E-state index is -0.0434. The Morgan fingerprint density at radius 3 is 2.83 bits per heavy atom. The van der Waals surface area contributed by atoms with Crippen LogP contribution in [-0.2, 0) is 0 Å². The molecule has 7 heteroatoms. The number of aromatic nitrogens is 3. The summed E-state index contributed by atoms with van der Waals surface area (Å²) in [5.74, 6) is 2.58. The van der Waals surface area contributed by atoms with Crippen LogP contribution in [0.15, 0.2) is 47.1 Å². The Labute approximate surface area is 133 Å². The number of fused-ring (bicyclic) bond motifs is 1. The van der Waals surface area contributed by atoms with Crippen LogP contribution in [0, 0.1) is 0 Å². The highest BCUT2D eigenvalue weighted by Gasteiger charge is 2.32. The monoisotopic (exact) mass is 311 g/mol. The minimum absolute atomic E-state index is 0.0434. The van der Waals surface area contributed by atoms with Crippen LogP contribution < -0.4 is 15.8 Å². The van der Waals surface area contributed by atoms with Crippen LogP contribution in [0.1, 0.15) is 29.8 Å². The van der Waals surface area contributed by atoms with Gasteiger partial charge in [-0.2, -0.15) is 4.98 Å². The average Bonchev–Trinajstić information content (AvgIpc) is 3.22. The number of ether oxygens (including phenoxy) is 1. The van der Waals surface area contributed by atoms with E-state index in [-0.39, 0.29) is 18.0 Å². The molecule has 3 N–H and O–H groups in total. The number of hydrogen-bond acceptors (Lipinski definition) is 6. The lowest BCUT2D eigenvalue weighted by Gasteiger charge is -2.30. The van der Waals surface area contributed by atoms with Gasteiger partial charge in [-0.25, -0.2) is 4.68 Å². The first-order valence-corrected chi connectivity index (χ1v) is 7.40. The van der Waals surface area contributed by atoms with E-state index in [1.54, 1.807) is 18.1 Å². The van der Waals surface area contributed by atoms with Crippen molar-refractivity contribution >= 4 is 11.9 Å². The van der Waals surface area contributed by atoms with Crippen molar-refractivity contribution in [3.63, 3.8) is 0 Å². The molecular weight excluding hydrogens is 294 g/mol. The van der Waals surface area contributed by atoms with E-state index >= 15 is 0 Å². The summed E-state index contributed by atoms with van der Waals surface area (Å²) in [5, 5.41) is 7.68. The number of nitrogens with two attached hydrogens (primary N) is 1. The molecule has 0 aliphatic carbocycles. The Bertz CT molecular complexity index is 795. The molecule has 0 fully saturated rings. The molecule has 2 aromatic heterocycles. The van der Waals surface area contributed by atoms with Gasteiger partial charge in [0.2, 0.25) is 11.9 Å². The number of hydrogen-bond donors (Lipinski definition) is 2. The number of nitrogens with one attached hydrogen (secondary N) is 1. The average molecular weight is 311 g/mol. The molecule has 3 heterocycles. The first kappa shape index (κ1) is 13.7. The van der Waals surface area contributed by atoms with Gasteiger partial charge in [0.25, 0.3) is 0 Å². The first-order valence-electron chi connectivity index (χ1n) is 7.40. The van der Waals surface area contributed by atoms with E-state index in [1.165, 1.54) is 0 Å². The van der Waals surface area contributed by atoms with Crippen LogP contribution >= 0.6 is 0 Å². The standard InChI is InChI=1S/C16H17N5O2/c1-22-11-6-4-10(5-7-11)12-9-13(14-3-2-8-23-14)21-16(18-12)19-15(17)20-21/h2-8,12-13H,9H2,1H3,(H3,17,18,19,20)/t12-,13-/m0/s1. The van der Waals surface area contributed by atoms with Gasteiger partial charge in [0.05, 0.1) is 19.4 Å². The van der Waals surface area contributed by atoms with Gasteiger partial charge in [-0.15, -0.1) is 5.10 Å². The van der Waals surface area contributed by atoms with Gasteiger partial charge in [0.15, 0.2) is 0 Å². The second-order valence-corrected chi connectivity index (χ2v) is 5.48. The van der Waals surface area contributed by atoms with Crippen LogP contribution in [-0.4, -0.2) is 21.9 Å². The molecule has 1 aliphatic heterocycles. The van der Waals surface area contributed by atoms with Crippen molar-refractivity contribution < 1.29 is 9.15 Å². The van der Waals surface area contributed by atoms with Crippen molar-refractivity contribution in [1.29, 1.82) is 0 Å². The van der Waals surface area contributed by atoms with Gasteiger partial charge in [0, 0.05) is 6.42 Å². The fourth-order valence-corrected chi connectivity index (χ4v) is 2.97. The number of anilines is 2. The van der Waals surface area contributed by atoms with Crippen molar-refractivity contribution in [2.24, 2.45) is 0 Å². The number of furan rings is 1. The zero-order chi connectivity index (χ0) is 15.8. The Hall–Kier alpha value is -2.96. The molecule has 3 aromatic rings. The molecule has 0 spiro atoms. The molecule has 0 saturated carbocycles. The van der Waals surface area contributed by atoms with Crippen molar-refractivity contribution in [2.75, 3.05) is 18.2 Å². The van der Waals surface area contributed by atoms with Crippen LogP contribution in [0.25, 0.3) is 0 Å². The van der Waals surface area contributed by atoms with E-state index in [0.717, 1.165) is 23.5 Å². The van der Waals surface area contributed by atoms with Gasteiger partial charge in [0.1, 0.15) is 17.6 Å². The molecule has 0 amide bonds. The third kappa shape index (κ3) is 2.40.